The molecule has 4 rings (SSSR count). The molecule has 10 heteroatoms. The molecule has 0 unspecified atom stereocenters. The van der Waals surface area contributed by atoms with E-state index in [1.807, 2.05) is 0 Å². The summed E-state index contributed by atoms with van der Waals surface area (Å²) in [4.78, 5) is 36.6. The van der Waals surface area contributed by atoms with Crippen molar-refractivity contribution >= 4 is 28.9 Å². The Hall–Kier alpha value is -4.99. The number of nitro groups is 1. The molecule has 1 heterocycles. The number of carbonyl (C=O) groups excluding carboxylic acids is 2. The van der Waals surface area contributed by atoms with Gasteiger partial charge in [-0.05, 0) is 55.8 Å². The highest BCUT2D eigenvalue weighted by molar-refractivity contribution is 6.12. The lowest BCUT2D eigenvalue weighted by atomic mass is 10.1. The number of benzene rings is 3. The van der Waals surface area contributed by atoms with Crippen LogP contribution < -0.4 is 15.4 Å². The van der Waals surface area contributed by atoms with Crippen LogP contribution in [0.5, 0.6) is 5.75 Å². The predicted octanol–water partition coefficient (Wildman–Crippen LogP) is 4.97. The molecule has 0 fully saturated rings. The number of hydrogen-bond acceptors (Lipinski definition) is 6. The van der Waals surface area contributed by atoms with Gasteiger partial charge in [-0.15, -0.1) is 0 Å². The summed E-state index contributed by atoms with van der Waals surface area (Å²) >= 11 is 0. The van der Waals surface area contributed by atoms with Gasteiger partial charge in [0.1, 0.15) is 17.1 Å². The highest BCUT2D eigenvalue weighted by Crippen LogP contribution is 2.23. The second kappa shape index (κ2) is 10.7. The van der Waals surface area contributed by atoms with Crippen molar-refractivity contribution in [3.8, 4) is 5.75 Å². The largest absolute Gasteiger partial charge is 0.497 e. The lowest BCUT2D eigenvalue weighted by Crippen LogP contribution is -2.18. The van der Waals surface area contributed by atoms with Crippen LogP contribution in [0.2, 0.25) is 0 Å². The zero-order valence-corrected chi connectivity index (χ0v) is 20.5. The van der Waals surface area contributed by atoms with Crippen molar-refractivity contribution in [3.05, 3.63) is 111 Å². The average Bonchev–Trinajstić information content (AvgIpc) is 3.17. The zero-order chi connectivity index (χ0) is 26.5. The van der Waals surface area contributed by atoms with Crippen molar-refractivity contribution in [2.24, 2.45) is 0 Å². The number of para-hydroxylation sites is 1. The van der Waals surface area contributed by atoms with Crippen molar-refractivity contribution in [2.45, 2.75) is 20.4 Å². The highest BCUT2D eigenvalue weighted by Gasteiger charge is 2.22. The van der Waals surface area contributed by atoms with E-state index >= 15 is 0 Å². The van der Waals surface area contributed by atoms with E-state index in [-0.39, 0.29) is 17.5 Å². The first-order chi connectivity index (χ1) is 17.8. The summed E-state index contributed by atoms with van der Waals surface area (Å²) < 4.78 is 6.76. The minimum atomic E-state index is -0.434. The Balaban J connectivity index is 1.46. The number of methoxy groups -OCH3 is 1. The van der Waals surface area contributed by atoms with Crippen molar-refractivity contribution in [1.29, 1.82) is 0 Å². The van der Waals surface area contributed by atoms with E-state index in [1.54, 1.807) is 98.4 Å². The standard InChI is InChI=1S/C27H25N5O5/c1-17-25(32(35)36)18(2)31(30-17)16-19-11-13-20(14-12-19)26(33)29-24-10-5-4-9-23(24)27(34)28-21-7-6-8-22(15-21)37-3/h4-15H,16H2,1-3H3,(H,28,34)(H,29,33). The highest BCUT2D eigenvalue weighted by atomic mass is 16.6. The van der Waals surface area contributed by atoms with Crippen LogP contribution in [0.1, 0.15) is 37.7 Å². The molecule has 0 saturated heterocycles. The molecule has 0 spiro atoms. The smallest absolute Gasteiger partial charge is 0.312 e. The van der Waals surface area contributed by atoms with Crippen molar-refractivity contribution < 1.29 is 19.2 Å². The number of carbonyl (C=O) groups is 2. The molecule has 0 atom stereocenters. The topological polar surface area (TPSA) is 128 Å². The van der Waals surface area contributed by atoms with Crippen molar-refractivity contribution in [2.75, 3.05) is 17.7 Å². The van der Waals surface area contributed by atoms with E-state index in [0.717, 1.165) is 5.56 Å². The summed E-state index contributed by atoms with van der Waals surface area (Å²) in [6.07, 6.45) is 0. The van der Waals surface area contributed by atoms with Gasteiger partial charge < -0.3 is 15.4 Å². The number of aromatic nitrogens is 2. The third kappa shape index (κ3) is 5.64. The average molecular weight is 500 g/mol. The van der Waals surface area contributed by atoms with Crippen LogP contribution in [0.3, 0.4) is 0 Å². The number of aryl methyl sites for hydroxylation is 1. The molecule has 1 aromatic heterocycles. The summed E-state index contributed by atoms with van der Waals surface area (Å²) in [6.45, 7) is 3.58. The molecule has 0 bridgehead atoms. The van der Waals surface area contributed by atoms with E-state index in [2.05, 4.69) is 15.7 Å². The van der Waals surface area contributed by atoms with Gasteiger partial charge in [0.2, 0.25) is 0 Å². The maximum absolute atomic E-state index is 12.9. The first-order valence-electron chi connectivity index (χ1n) is 11.4. The van der Waals surface area contributed by atoms with Crippen LogP contribution in [-0.4, -0.2) is 33.6 Å². The first kappa shape index (κ1) is 25.1. The number of rotatable bonds is 8. The molecule has 0 radical (unpaired) electrons. The van der Waals surface area contributed by atoms with Gasteiger partial charge >= 0.3 is 5.69 Å². The first-order valence-corrected chi connectivity index (χ1v) is 11.4. The molecule has 188 valence electrons. The van der Waals surface area contributed by atoms with Crippen LogP contribution in [0.15, 0.2) is 72.8 Å². The third-order valence-electron chi connectivity index (χ3n) is 5.82. The van der Waals surface area contributed by atoms with Gasteiger partial charge in [-0.2, -0.15) is 5.10 Å². The summed E-state index contributed by atoms with van der Waals surface area (Å²) in [7, 11) is 1.55. The number of hydrogen-bond donors (Lipinski definition) is 2. The Morgan fingerprint density at radius 1 is 0.973 bits per heavy atom. The predicted molar refractivity (Wildman–Crippen MR) is 139 cm³/mol. The molecule has 0 saturated carbocycles. The second-order valence-electron chi connectivity index (χ2n) is 8.32. The normalized spacial score (nSPS) is 10.6. The molecule has 0 aliphatic rings. The molecule has 0 aliphatic heterocycles. The van der Waals surface area contributed by atoms with Gasteiger partial charge in [0.15, 0.2) is 0 Å². The molecule has 4 aromatic rings. The molecule has 3 aromatic carbocycles. The Morgan fingerprint density at radius 3 is 2.38 bits per heavy atom. The Kier molecular flexibility index (Phi) is 7.28. The number of ether oxygens (including phenoxy) is 1. The third-order valence-corrected chi connectivity index (χ3v) is 5.82. The molecule has 10 nitrogen and oxygen atoms in total. The van der Waals surface area contributed by atoms with Gasteiger partial charge in [-0.3, -0.25) is 24.4 Å². The number of anilines is 2. The maximum Gasteiger partial charge on any atom is 0.312 e. The van der Waals surface area contributed by atoms with Gasteiger partial charge in [0.05, 0.1) is 29.8 Å². The molecule has 0 aliphatic carbocycles. The Bertz CT molecular complexity index is 1480. The van der Waals surface area contributed by atoms with Gasteiger partial charge in [-0.1, -0.05) is 30.3 Å². The van der Waals surface area contributed by atoms with E-state index < -0.39 is 4.92 Å². The van der Waals surface area contributed by atoms with Crippen LogP contribution >= 0.6 is 0 Å². The Morgan fingerprint density at radius 2 is 1.70 bits per heavy atom. The van der Waals surface area contributed by atoms with Gasteiger partial charge in [-0.25, -0.2) is 0 Å². The number of nitrogens with zero attached hydrogens (tertiary/aromatic N) is 3. The molecule has 37 heavy (non-hydrogen) atoms. The maximum atomic E-state index is 12.9. The summed E-state index contributed by atoms with van der Waals surface area (Å²) in [5, 5.41) is 21.1. The molecule has 2 amide bonds. The SMILES string of the molecule is COc1cccc(NC(=O)c2ccccc2NC(=O)c2ccc(Cn3nc(C)c([N+](=O)[O-])c3C)cc2)c1. The lowest BCUT2D eigenvalue weighted by molar-refractivity contribution is -0.386. The fourth-order valence-electron chi connectivity index (χ4n) is 3.92. The van der Waals surface area contributed by atoms with E-state index in [9.17, 15) is 19.7 Å². The van der Waals surface area contributed by atoms with Crippen LogP contribution in [0.4, 0.5) is 17.1 Å². The van der Waals surface area contributed by atoms with Crippen molar-refractivity contribution in [3.63, 3.8) is 0 Å². The van der Waals surface area contributed by atoms with Gasteiger partial charge in [0, 0.05) is 17.3 Å². The molecule has 2 N–H and O–H groups in total. The van der Waals surface area contributed by atoms with Gasteiger partial charge in [0.25, 0.3) is 11.8 Å². The number of amides is 2. The monoisotopic (exact) mass is 499 g/mol. The summed E-state index contributed by atoms with van der Waals surface area (Å²) in [5.41, 5.74) is 3.29. The fraction of sp³-hybridized carbons (Fsp3) is 0.148. The van der Waals surface area contributed by atoms with Crippen LogP contribution in [0, 0.1) is 24.0 Å². The quantitative estimate of drug-likeness (QED) is 0.260. The van der Waals surface area contributed by atoms with E-state index in [4.69, 9.17) is 4.74 Å². The minimum absolute atomic E-state index is 0.00472. The molecular formula is C27H25N5O5. The second-order valence-corrected chi connectivity index (χ2v) is 8.32. The van der Waals surface area contributed by atoms with Crippen molar-refractivity contribution in [1.82, 2.24) is 9.78 Å². The Labute approximate surface area is 213 Å². The summed E-state index contributed by atoms with van der Waals surface area (Å²) in [5.74, 6) is -0.146. The van der Waals surface area contributed by atoms with Crippen LogP contribution in [0.25, 0.3) is 0 Å². The van der Waals surface area contributed by atoms with Crippen LogP contribution in [-0.2, 0) is 6.54 Å². The minimum Gasteiger partial charge on any atom is -0.497 e. The number of nitrogens with one attached hydrogen (secondary N) is 2. The molecular weight excluding hydrogens is 474 g/mol. The van der Waals surface area contributed by atoms with E-state index in [1.165, 1.54) is 0 Å². The zero-order valence-electron chi connectivity index (χ0n) is 20.5. The lowest BCUT2D eigenvalue weighted by Gasteiger charge is -2.12. The van der Waals surface area contributed by atoms with E-state index in [0.29, 0.717) is 46.2 Å². The summed E-state index contributed by atoms with van der Waals surface area (Å²) in [6, 6.07) is 20.5. The fourth-order valence-corrected chi connectivity index (χ4v) is 3.92.